The van der Waals surface area contributed by atoms with Crippen LogP contribution in [0.4, 0.5) is 10.7 Å². The van der Waals surface area contributed by atoms with E-state index in [0.717, 1.165) is 16.7 Å². The van der Waals surface area contributed by atoms with Gasteiger partial charge in [0.15, 0.2) is 0 Å². The summed E-state index contributed by atoms with van der Waals surface area (Å²) in [6, 6.07) is 13.2. The molecule has 2 aromatic carbocycles. The fourth-order valence-electron chi connectivity index (χ4n) is 6.36. The lowest BCUT2D eigenvalue weighted by Gasteiger charge is -2.42. The van der Waals surface area contributed by atoms with Gasteiger partial charge in [0.05, 0.1) is 23.7 Å². The molecule has 0 saturated heterocycles. The van der Waals surface area contributed by atoms with Crippen LogP contribution in [0.15, 0.2) is 53.4 Å². The number of hydrogen-bond donors (Lipinski definition) is 2. The van der Waals surface area contributed by atoms with Gasteiger partial charge in [0.2, 0.25) is 11.8 Å². The number of nitrogens with one attached hydrogen (secondary N) is 2. The third-order valence-corrected chi connectivity index (χ3v) is 9.78. The maximum Gasteiger partial charge on any atom is 0.407 e. The minimum Gasteiger partial charge on any atom is -0.475 e. The number of nitrogens with zero attached hydrogens (tertiary/aromatic N) is 3. The van der Waals surface area contributed by atoms with Crippen molar-refractivity contribution in [3.05, 3.63) is 65.2 Å². The van der Waals surface area contributed by atoms with Gasteiger partial charge in [0, 0.05) is 29.3 Å². The van der Waals surface area contributed by atoms with E-state index in [2.05, 4.69) is 33.9 Å². The minimum absolute atomic E-state index is 0.0538. The number of ether oxygens (including phenoxy) is 2. The van der Waals surface area contributed by atoms with Gasteiger partial charge in [0.1, 0.15) is 6.61 Å². The number of anilines is 1. The Hall–Kier alpha value is -4.19. The van der Waals surface area contributed by atoms with E-state index in [1.165, 1.54) is 19.2 Å². The second kappa shape index (κ2) is 13.4. The quantitative estimate of drug-likeness (QED) is 0.376. The number of rotatable bonds is 5. The molecule has 12 heteroatoms. The highest BCUT2D eigenvalue weighted by molar-refractivity contribution is 7.92. The number of amides is 2. The number of benzene rings is 2. The Labute approximate surface area is 264 Å². The molecule has 45 heavy (non-hydrogen) atoms. The van der Waals surface area contributed by atoms with E-state index < -0.39 is 16.1 Å². The van der Waals surface area contributed by atoms with Crippen LogP contribution in [0.2, 0.25) is 0 Å². The summed E-state index contributed by atoms with van der Waals surface area (Å²) in [7, 11) is -2.81. The maximum atomic E-state index is 14.4. The number of methoxy groups -OCH3 is 1. The molecule has 5 rings (SSSR count). The second-order valence-electron chi connectivity index (χ2n) is 12.3. The number of alkyl carbamates (subject to hydrolysis) is 1. The summed E-state index contributed by atoms with van der Waals surface area (Å²) in [6.45, 7) is 8.29. The largest absolute Gasteiger partial charge is 0.475 e. The summed E-state index contributed by atoms with van der Waals surface area (Å²) < 4.78 is 40.8. The summed E-state index contributed by atoms with van der Waals surface area (Å²) in [5, 5.41) is 2.88. The molecule has 240 valence electrons. The molecule has 2 N–H and O–H groups in total. The van der Waals surface area contributed by atoms with Crippen LogP contribution in [0.5, 0.6) is 5.88 Å². The van der Waals surface area contributed by atoms with Crippen molar-refractivity contribution < 1.29 is 27.5 Å². The van der Waals surface area contributed by atoms with Crippen LogP contribution in [0.3, 0.4) is 0 Å². The molecule has 2 aliphatic rings. The van der Waals surface area contributed by atoms with Gasteiger partial charge in [-0.1, -0.05) is 38.1 Å². The molecule has 1 atom stereocenters. The highest BCUT2D eigenvalue weighted by Gasteiger charge is 2.36. The molecule has 4 bridgehead atoms. The first-order chi connectivity index (χ1) is 21.4. The van der Waals surface area contributed by atoms with Crippen molar-refractivity contribution in [3.63, 3.8) is 0 Å². The summed E-state index contributed by atoms with van der Waals surface area (Å²) in [5.41, 5.74) is 3.62. The van der Waals surface area contributed by atoms with Crippen LogP contribution in [0, 0.1) is 19.8 Å². The van der Waals surface area contributed by atoms with Gasteiger partial charge >= 0.3 is 6.09 Å². The van der Waals surface area contributed by atoms with Gasteiger partial charge in [0.25, 0.3) is 15.9 Å². The van der Waals surface area contributed by atoms with E-state index in [4.69, 9.17) is 9.47 Å². The zero-order valence-corrected chi connectivity index (χ0v) is 27.2. The number of carbonyl (C=O) groups excluding carboxylic acids is 2. The molecule has 2 amide bonds. The zero-order chi connectivity index (χ0) is 32.3. The van der Waals surface area contributed by atoms with Crippen LogP contribution in [0.25, 0.3) is 11.3 Å². The summed E-state index contributed by atoms with van der Waals surface area (Å²) in [5.74, 6) is 0.0636. The Kier molecular flexibility index (Phi) is 9.62. The van der Waals surface area contributed by atoms with E-state index in [1.54, 1.807) is 18.2 Å². The topological polar surface area (TPSA) is 140 Å². The molecule has 0 radical (unpaired) electrons. The average molecular weight is 636 g/mol. The van der Waals surface area contributed by atoms with Gasteiger partial charge in [-0.05, 0) is 81.2 Å². The second-order valence-corrected chi connectivity index (χ2v) is 13.9. The van der Waals surface area contributed by atoms with Crippen molar-refractivity contribution in [1.29, 1.82) is 0 Å². The van der Waals surface area contributed by atoms with Gasteiger partial charge in [-0.25, -0.2) is 22.9 Å². The van der Waals surface area contributed by atoms with Crippen molar-refractivity contribution in [2.75, 3.05) is 18.4 Å². The van der Waals surface area contributed by atoms with Crippen molar-refractivity contribution >= 4 is 28.0 Å². The van der Waals surface area contributed by atoms with E-state index in [-0.39, 0.29) is 58.8 Å². The number of hydrogen-bond acceptors (Lipinski definition) is 8. The lowest BCUT2D eigenvalue weighted by atomic mass is 9.88. The predicted octanol–water partition coefficient (Wildman–Crippen LogP) is 5.48. The number of aromatic nitrogens is 2. The maximum absolute atomic E-state index is 14.4. The Balaban J connectivity index is 1.59. The standard InChI is InChI=1S/C33H41N5O6S/c1-20(2)16-26-19-44-29-18-28(30-21(3)8-6-9-22(30)4)35-32(36-29)37-45(41,42)27-11-7-10-23(17-27)31(39)38(26)25-14-12-24(13-15-25)34-33(40)43-5/h6-11,17-18,20,24-26H,12-16,19H2,1-5H3,(H,34,40)(H,35,36,37)/t24-,25-,26-/m1/s1. The fourth-order valence-corrected chi connectivity index (χ4v) is 7.35. The Morgan fingerprint density at radius 1 is 1.07 bits per heavy atom. The minimum atomic E-state index is -4.15. The van der Waals surface area contributed by atoms with Crippen molar-refractivity contribution in [3.8, 4) is 17.1 Å². The monoisotopic (exact) mass is 635 g/mol. The molecule has 1 aliphatic carbocycles. The first kappa shape index (κ1) is 32.2. The number of carbonyl (C=O) groups is 2. The van der Waals surface area contributed by atoms with E-state index in [1.807, 2.05) is 36.9 Å². The highest BCUT2D eigenvalue weighted by Crippen LogP contribution is 2.32. The predicted molar refractivity (Wildman–Crippen MR) is 171 cm³/mol. The Bertz CT molecular complexity index is 1650. The molecule has 0 unspecified atom stereocenters. The van der Waals surface area contributed by atoms with E-state index in [9.17, 15) is 18.0 Å². The Morgan fingerprint density at radius 2 is 1.76 bits per heavy atom. The van der Waals surface area contributed by atoms with Crippen molar-refractivity contribution in [2.45, 2.75) is 82.8 Å². The summed E-state index contributed by atoms with van der Waals surface area (Å²) >= 11 is 0. The third kappa shape index (κ3) is 7.38. The van der Waals surface area contributed by atoms with Gasteiger partial charge in [-0.15, -0.1) is 0 Å². The highest BCUT2D eigenvalue weighted by atomic mass is 32.2. The average Bonchev–Trinajstić information content (AvgIpc) is 3.00. The summed E-state index contributed by atoms with van der Waals surface area (Å²) in [4.78, 5) is 37.0. The van der Waals surface area contributed by atoms with Gasteiger partial charge in [-0.2, -0.15) is 4.98 Å². The molecule has 1 aliphatic heterocycles. The van der Waals surface area contributed by atoms with Gasteiger partial charge < -0.3 is 19.7 Å². The third-order valence-electron chi connectivity index (χ3n) is 8.45. The molecule has 1 saturated carbocycles. The zero-order valence-electron chi connectivity index (χ0n) is 26.4. The Morgan fingerprint density at radius 3 is 2.42 bits per heavy atom. The SMILES string of the molecule is COC(=O)N[C@H]1CC[C@H](N2C(=O)c3cccc(c3)S(=O)(=O)Nc3nc(cc(-c4c(C)cccc4C)n3)OC[C@H]2CC(C)C)CC1. The molecule has 1 aromatic heterocycles. The normalized spacial score (nSPS) is 21.4. The van der Waals surface area contributed by atoms with Crippen LogP contribution in [-0.2, 0) is 14.8 Å². The van der Waals surface area contributed by atoms with E-state index in [0.29, 0.717) is 37.8 Å². The van der Waals surface area contributed by atoms with Crippen LogP contribution in [-0.4, -0.2) is 67.1 Å². The first-order valence-electron chi connectivity index (χ1n) is 15.3. The molecule has 3 aromatic rings. The number of aryl methyl sites for hydroxylation is 2. The number of sulfonamides is 1. The van der Waals surface area contributed by atoms with E-state index >= 15 is 0 Å². The molecular weight excluding hydrogens is 594 g/mol. The lowest BCUT2D eigenvalue weighted by molar-refractivity contribution is 0.0353. The lowest BCUT2D eigenvalue weighted by Crippen LogP contribution is -2.52. The van der Waals surface area contributed by atoms with Crippen LogP contribution >= 0.6 is 0 Å². The van der Waals surface area contributed by atoms with Crippen LogP contribution in [0.1, 0.15) is 67.4 Å². The smallest absolute Gasteiger partial charge is 0.407 e. The molecule has 0 spiro atoms. The van der Waals surface area contributed by atoms with Crippen LogP contribution < -0.4 is 14.8 Å². The van der Waals surface area contributed by atoms with Crippen molar-refractivity contribution in [2.24, 2.45) is 5.92 Å². The molecular formula is C33H41N5O6S. The fraction of sp³-hybridized carbons (Fsp3) is 0.455. The number of fused-ring (bicyclic) bond motifs is 4. The molecule has 11 nitrogen and oxygen atoms in total. The first-order valence-corrected chi connectivity index (χ1v) is 16.8. The van der Waals surface area contributed by atoms with Crippen molar-refractivity contribution in [1.82, 2.24) is 20.2 Å². The summed E-state index contributed by atoms with van der Waals surface area (Å²) in [6.07, 6.45) is 2.84. The molecule has 1 fully saturated rings. The molecule has 2 heterocycles. The van der Waals surface area contributed by atoms with Gasteiger partial charge in [-0.3, -0.25) is 4.79 Å².